The van der Waals surface area contributed by atoms with Gasteiger partial charge in [-0.2, -0.15) is 0 Å². The van der Waals surface area contributed by atoms with Crippen molar-refractivity contribution in [3.8, 4) is 0 Å². The minimum absolute atomic E-state index is 0.101. The number of carboxylic acid groups (broad SMARTS) is 1. The molecule has 1 aliphatic rings. The molecule has 1 aromatic rings. The van der Waals surface area contributed by atoms with Crippen molar-refractivity contribution < 1.29 is 14.7 Å². The quantitative estimate of drug-likeness (QED) is 0.710. The molecule has 21 heavy (non-hydrogen) atoms. The first kappa shape index (κ1) is 15.5. The van der Waals surface area contributed by atoms with Gasteiger partial charge in [-0.05, 0) is 56.0 Å². The summed E-state index contributed by atoms with van der Waals surface area (Å²) < 4.78 is 0. The maximum Gasteiger partial charge on any atom is 0.335 e. The van der Waals surface area contributed by atoms with Gasteiger partial charge in [0.05, 0.1) is 5.56 Å². The van der Waals surface area contributed by atoms with Crippen LogP contribution in [0.2, 0.25) is 0 Å². The Morgan fingerprint density at radius 1 is 1.29 bits per heavy atom. The number of nitrogens with one attached hydrogen (secondary N) is 2. The molecule has 1 unspecified atom stereocenters. The van der Waals surface area contributed by atoms with Crippen molar-refractivity contribution in [2.24, 2.45) is 5.92 Å². The van der Waals surface area contributed by atoms with Crippen LogP contribution >= 0.6 is 0 Å². The van der Waals surface area contributed by atoms with Crippen molar-refractivity contribution in [2.75, 3.05) is 19.6 Å². The topological polar surface area (TPSA) is 78.4 Å². The average molecular weight is 290 g/mol. The fourth-order valence-corrected chi connectivity index (χ4v) is 2.54. The van der Waals surface area contributed by atoms with Crippen molar-refractivity contribution in [3.63, 3.8) is 0 Å². The normalized spacial score (nSPS) is 17.6. The van der Waals surface area contributed by atoms with Gasteiger partial charge in [-0.15, -0.1) is 0 Å². The number of carboxylic acids is 1. The van der Waals surface area contributed by atoms with Crippen LogP contribution in [-0.2, 0) is 11.2 Å². The molecule has 0 bridgehead atoms. The van der Waals surface area contributed by atoms with Crippen molar-refractivity contribution in [1.29, 1.82) is 0 Å². The lowest BCUT2D eigenvalue weighted by Gasteiger charge is -2.09. The zero-order chi connectivity index (χ0) is 15.1. The summed E-state index contributed by atoms with van der Waals surface area (Å²) >= 11 is 0. The predicted octanol–water partition coefficient (Wildman–Crippen LogP) is 1.43. The van der Waals surface area contributed by atoms with Gasteiger partial charge in [0.25, 0.3) is 0 Å². The zero-order valence-corrected chi connectivity index (χ0v) is 12.1. The van der Waals surface area contributed by atoms with Crippen molar-refractivity contribution >= 4 is 11.9 Å². The molecule has 1 heterocycles. The molecule has 1 aliphatic heterocycles. The van der Waals surface area contributed by atoms with E-state index < -0.39 is 5.97 Å². The fourth-order valence-electron chi connectivity index (χ4n) is 2.54. The molecule has 0 aromatic heterocycles. The molecule has 1 amide bonds. The van der Waals surface area contributed by atoms with Crippen LogP contribution in [0.1, 0.15) is 35.2 Å². The van der Waals surface area contributed by atoms with E-state index in [1.54, 1.807) is 24.3 Å². The largest absolute Gasteiger partial charge is 0.478 e. The van der Waals surface area contributed by atoms with E-state index >= 15 is 0 Å². The van der Waals surface area contributed by atoms with E-state index in [-0.39, 0.29) is 11.5 Å². The smallest absolute Gasteiger partial charge is 0.335 e. The number of benzene rings is 1. The van der Waals surface area contributed by atoms with E-state index in [1.165, 1.54) is 6.42 Å². The van der Waals surface area contributed by atoms with Crippen LogP contribution in [0.15, 0.2) is 24.3 Å². The first-order chi connectivity index (χ1) is 10.1. The molecule has 2 rings (SSSR count). The molecule has 0 saturated carbocycles. The molecule has 1 saturated heterocycles. The summed E-state index contributed by atoms with van der Waals surface area (Å²) in [6.45, 7) is 2.69. The van der Waals surface area contributed by atoms with E-state index in [2.05, 4.69) is 10.6 Å². The van der Waals surface area contributed by atoms with Crippen LogP contribution in [0, 0.1) is 5.92 Å². The van der Waals surface area contributed by atoms with Gasteiger partial charge in [0, 0.05) is 13.0 Å². The van der Waals surface area contributed by atoms with Crippen LogP contribution in [-0.4, -0.2) is 36.6 Å². The highest BCUT2D eigenvalue weighted by molar-refractivity contribution is 5.87. The number of rotatable bonds is 7. The lowest BCUT2D eigenvalue weighted by atomic mass is 10.0. The van der Waals surface area contributed by atoms with E-state index in [1.807, 2.05) is 0 Å². The summed E-state index contributed by atoms with van der Waals surface area (Å²) in [6.07, 6.45) is 3.43. The van der Waals surface area contributed by atoms with Crippen molar-refractivity contribution in [3.05, 3.63) is 35.4 Å². The molecule has 5 heteroatoms. The van der Waals surface area contributed by atoms with Gasteiger partial charge in [0.15, 0.2) is 0 Å². The summed E-state index contributed by atoms with van der Waals surface area (Å²) in [5, 5.41) is 15.0. The average Bonchev–Trinajstić information content (AvgIpc) is 2.99. The van der Waals surface area contributed by atoms with E-state index in [4.69, 9.17) is 5.11 Å². The number of hydrogen-bond donors (Lipinski definition) is 3. The van der Waals surface area contributed by atoms with Crippen LogP contribution < -0.4 is 10.6 Å². The Morgan fingerprint density at radius 2 is 2.05 bits per heavy atom. The number of aromatic carboxylic acids is 1. The standard InChI is InChI=1S/C16H22N2O3/c19-15(6-3-13-7-9-17-11-13)18-10-8-12-1-4-14(5-2-12)16(20)21/h1-2,4-5,13,17H,3,6-11H2,(H,18,19)(H,20,21). The van der Waals surface area contributed by atoms with Gasteiger partial charge in [-0.25, -0.2) is 4.79 Å². The molecule has 0 radical (unpaired) electrons. The number of carbonyl (C=O) groups excluding carboxylic acids is 1. The second-order valence-electron chi connectivity index (χ2n) is 5.50. The van der Waals surface area contributed by atoms with Crippen molar-refractivity contribution in [1.82, 2.24) is 10.6 Å². The highest BCUT2D eigenvalue weighted by Gasteiger charge is 2.15. The molecule has 0 aliphatic carbocycles. The third-order valence-corrected chi connectivity index (χ3v) is 3.88. The summed E-state index contributed by atoms with van der Waals surface area (Å²) in [4.78, 5) is 22.5. The third-order valence-electron chi connectivity index (χ3n) is 3.88. The van der Waals surface area contributed by atoms with E-state index in [0.717, 1.165) is 31.5 Å². The number of amides is 1. The molecular formula is C16H22N2O3. The second kappa shape index (κ2) is 7.78. The Morgan fingerprint density at radius 3 is 2.67 bits per heavy atom. The summed E-state index contributed by atoms with van der Waals surface area (Å²) in [5.41, 5.74) is 1.31. The predicted molar refractivity (Wildman–Crippen MR) is 80.3 cm³/mol. The first-order valence-corrected chi connectivity index (χ1v) is 7.45. The molecule has 1 atom stereocenters. The van der Waals surface area contributed by atoms with Gasteiger partial charge in [-0.1, -0.05) is 12.1 Å². The third kappa shape index (κ3) is 5.19. The molecule has 5 nitrogen and oxygen atoms in total. The molecular weight excluding hydrogens is 268 g/mol. The molecule has 1 aromatic carbocycles. The van der Waals surface area contributed by atoms with Crippen LogP contribution in [0.3, 0.4) is 0 Å². The Kier molecular flexibility index (Phi) is 5.75. The van der Waals surface area contributed by atoms with Crippen molar-refractivity contribution in [2.45, 2.75) is 25.7 Å². The minimum atomic E-state index is -0.920. The van der Waals surface area contributed by atoms with E-state index in [9.17, 15) is 9.59 Å². The zero-order valence-electron chi connectivity index (χ0n) is 12.1. The maximum atomic E-state index is 11.7. The van der Waals surface area contributed by atoms with Gasteiger partial charge < -0.3 is 15.7 Å². The van der Waals surface area contributed by atoms with Crippen LogP contribution in [0.5, 0.6) is 0 Å². The Hall–Kier alpha value is -1.88. The van der Waals surface area contributed by atoms with Gasteiger partial charge >= 0.3 is 5.97 Å². The monoisotopic (exact) mass is 290 g/mol. The Bertz CT molecular complexity index is 479. The molecule has 3 N–H and O–H groups in total. The van der Waals surface area contributed by atoms with Gasteiger partial charge in [0.1, 0.15) is 0 Å². The van der Waals surface area contributed by atoms with Gasteiger partial charge in [-0.3, -0.25) is 4.79 Å². The van der Waals surface area contributed by atoms with Gasteiger partial charge in [0.2, 0.25) is 5.91 Å². The SMILES string of the molecule is O=C(CCC1CCNC1)NCCc1ccc(C(=O)O)cc1. The molecule has 0 spiro atoms. The first-order valence-electron chi connectivity index (χ1n) is 7.45. The lowest BCUT2D eigenvalue weighted by Crippen LogP contribution is -2.26. The summed E-state index contributed by atoms with van der Waals surface area (Å²) in [5.74, 6) is -0.181. The fraction of sp³-hybridized carbons (Fsp3) is 0.500. The minimum Gasteiger partial charge on any atom is -0.478 e. The van der Waals surface area contributed by atoms with E-state index in [0.29, 0.717) is 18.9 Å². The Labute approximate surface area is 124 Å². The summed E-state index contributed by atoms with van der Waals surface area (Å²) in [7, 11) is 0. The summed E-state index contributed by atoms with van der Waals surface area (Å²) in [6, 6.07) is 6.76. The van der Waals surface area contributed by atoms with Crippen LogP contribution in [0.4, 0.5) is 0 Å². The highest BCUT2D eigenvalue weighted by Crippen LogP contribution is 2.13. The highest BCUT2D eigenvalue weighted by atomic mass is 16.4. The molecule has 114 valence electrons. The lowest BCUT2D eigenvalue weighted by molar-refractivity contribution is -0.121. The number of hydrogen-bond acceptors (Lipinski definition) is 3. The van der Waals surface area contributed by atoms with Crippen LogP contribution in [0.25, 0.3) is 0 Å². The number of carbonyl (C=O) groups is 2. The Balaban J connectivity index is 1.63. The maximum absolute atomic E-state index is 11.7. The second-order valence-corrected chi connectivity index (χ2v) is 5.50. The molecule has 1 fully saturated rings.